The van der Waals surface area contributed by atoms with Gasteiger partial charge in [0.15, 0.2) is 5.96 Å². The van der Waals surface area contributed by atoms with E-state index in [1.54, 1.807) is 0 Å². The van der Waals surface area contributed by atoms with Crippen LogP contribution in [0.3, 0.4) is 0 Å². The minimum absolute atomic E-state index is 0.711. The molecule has 0 saturated carbocycles. The molecule has 0 aliphatic carbocycles. The molecule has 1 aliphatic heterocycles. The molecule has 1 aliphatic rings. The van der Waals surface area contributed by atoms with Crippen molar-refractivity contribution in [3.05, 3.63) is 18.0 Å². The van der Waals surface area contributed by atoms with Gasteiger partial charge in [0.2, 0.25) is 0 Å². The van der Waals surface area contributed by atoms with Gasteiger partial charge in [-0.2, -0.15) is 16.9 Å². The first kappa shape index (κ1) is 17.2. The highest BCUT2D eigenvalue weighted by molar-refractivity contribution is 8.00. The van der Waals surface area contributed by atoms with E-state index < -0.39 is 0 Å². The normalized spacial score (nSPS) is 19.8. The SMILES string of the molecule is CN=C(NCCCc1cnn(C)c1)N1CCSC(C(C)C)C1. The Bertz CT molecular complexity index is 483. The second-order valence-electron chi connectivity index (χ2n) is 6.20. The Morgan fingerprint density at radius 2 is 2.36 bits per heavy atom. The second-order valence-corrected chi connectivity index (χ2v) is 7.55. The van der Waals surface area contributed by atoms with Crippen LogP contribution >= 0.6 is 11.8 Å². The number of aryl methyl sites for hydroxylation is 2. The molecule has 0 amide bonds. The zero-order chi connectivity index (χ0) is 15.9. The fourth-order valence-corrected chi connectivity index (χ4v) is 4.00. The fourth-order valence-electron chi connectivity index (χ4n) is 2.70. The lowest BCUT2D eigenvalue weighted by Crippen LogP contribution is -2.49. The molecule has 0 spiro atoms. The predicted octanol–water partition coefficient (Wildman–Crippen LogP) is 2.00. The molecule has 2 heterocycles. The van der Waals surface area contributed by atoms with E-state index >= 15 is 0 Å². The highest BCUT2D eigenvalue weighted by atomic mass is 32.2. The summed E-state index contributed by atoms with van der Waals surface area (Å²) in [5.74, 6) is 2.97. The summed E-state index contributed by atoms with van der Waals surface area (Å²) in [7, 11) is 3.85. The Morgan fingerprint density at radius 1 is 1.55 bits per heavy atom. The van der Waals surface area contributed by atoms with E-state index in [0.717, 1.165) is 44.4 Å². The monoisotopic (exact) mass is 323 g/mol. The lowest BCUT2D eigenvalue weighted by atomic mass is 10.1. The summed E-state index contributed by atoms with van der Waals surface area (Å²) in [6.45, 7) is 7.77. The first-order chi connectivity index (χ1) is 10.6. The van der Waals surface area contributed by atoms with Crippen LogP contribution in [-0.4, -0.2) is 58.3 Å². The summed E-state index contributed by atoms with van der Waals surface area (Å²) in [6, 6.07) is 0. The molecule has 0 radical (unpaired) electrons. The molecule has 2 rings (SSSR count). The Morgan fingerprint density at radius 3 is 3.00 bits per heavy atom. The van der Waals surface area contributed by atoms with Gasteiger partial charge in [-0.25, -0.2) is 0 Å². The van der Waals surface area contributed by atoms with Gasteiger partial charge >= 0.3 is 0 Å². The molecule has 124 valence electrons. The number of hydrogen-bond acceptors (Lipinski definition) is 3. The summed E-state index contributed by atoms with van der Waals surface area (Å²) in [6.07, 6.45) is 6.19. The third kappa shape index (κ3) is 4.93. The van der Waals surface area contributed by atoms with Gasteiger partial charge in [-0.3, -0.25) is 9.67 Å². The van der Waals surface area contributed by atoms with E-state index in [4.69, 9.17) is 0 Å². The highest BCUT2D eigenvalue weighted by Gasteiger charge is 2.24. The molecular weight excluding hydrogens is 294 g/mol. The Labute approximate surface area is 138 Å². The van der Waals surface area contributed by atoms with Crippen LogP contribution in [0.15, 0.2) is 17.4 Å². The van der Waals surface area contributed by atoms with Crippen LogP contribution in [-0.2, 0) is 13.5 Å². The number of hydrogen-bond donors (Lipinski definition) is 1. The fraction of sp³-hybridized carbons (Fsp3) is 0.750. The van der Waals surface area contributed by atoms with E-state index in [2.05, 4.69) is 52.1 Å². The van der Waals surface area contributed by atoms with E-state index in [0.29, 0.717) is 5.25 Å². The molecule has 1 fully saturated rings. The van der Waals surface area contributed by atoms with E-state index in [-0.39, 0.29) is 0 Å². The number of thioether (sulfide) groups is 1. The Hall–Kier alpha value is -1.17. The smallest absolute Gasteiger partial charge is 0.193 e. The number of guanidine groups is 1. The third-order valence-corrected chi connectivity index (χ3v) is 5.57. The summed E-state index contributed by atoms with van der Waals surface area (Å²) < 4.78 is 1.86. The van der Waals surface area contributed by atoms with E-state index in [1.165, 1.54) is 11.3 Å². The van der Waals surface area contributed by atoms with Crippen LogP contribution < -0.4 is 5.32 Å². The first-order valence-electron chi connectivity index (χ1n) is 8.15. The van der Waals surface area contributed by atoms with Crippen molar-refractivity contribution in [2.24, 2.45) is 18.0 Å². The molecule has 0 aromatic carbocycles. The summed E-state index contributed by atoms with van der Waals surface area (Å²) in [5, 5.41) is 8.43. The topological polar surface area (TPSA) is 45.5 Å². The molecule has 1 N–H and O–H groups in total. The average Bonchev–Trinajstić information content (AvgIpc) is 2.93. The summed E-state index contributed by atoms with van der Waals surface area (Å²) >= 11 is 2.10. The number of nitrogens with one attached hydrogen (secondary N) is 1. The van der Waals surface area contributed by atoms with Crippen molar-refractivity contribution in [3.63, 3.8) is 0 Å². The molecule has 1 unspecified atom stereocenters. The molecule has 1 saturated heterocycles. The number of aromatic nitrogens is 2. The molecule has 6 heteroatoms. The van der Waals surface area contributed by atoms with Crippen molar-refractivity contribution in [1.29, 1.82) is 0 Å². The van der Waals surface area contributed by atoms with E-state index in [1.807, 2.05) is 25.0 Å². The van der Waals surface area contributed by atoms with Gasteiger partial charge in [0.25, 0.3) is 0 Å². The standard InChI is InChI=1S/C16H29N5S/c1-13(2)15-12-21(8-9-22-15)16(17-3)18-7-5-6-14-10-19-20(4)11-14/h10-11,13,15H,5-9,12H2,1-4H3,(H,17,18). The van der Waals surface area contributed by atoms with E-state index in [9.17, 15) is 0 Å². The molecule has 1 aromatic rings. The molecule has 0 bridgehead atoms. The van der Waals surface area contributed by atoms with Crippen LogP contribution in [0.1, 0.15) is 25.8 Å². The molecule has 1 atom stereocenters. The Balaban J connectivity index is 1.75. The zero-order valence-corrected chi connectivity index (χ0v) is 15.1. The third-order valence-electron chi connectivity index (χ3n) is 4.03. The van der Waals surface area contributed by atoms with Crippen LogP contribution in [0.4, 0.5) is 0 Å². The lowest BCUT2D eigenvalue weighted by molar-refractivity contribution is 0.380. The zero-order valence-electron chi connectivity index (χ0n) is 14.2. The highest BCUT2D eigenvalue weighted by Crippen LogP contribution is 2.24. The van der Waals surface area contributed by atoms with Crippen molar-refractivity contribution >= 4 is 17.7 Å². The Kier molecular flexibility index (Phi) is 6.61. The van der Waals surface area contributed by atoms with Gasteiger partial charge in [-0.05, 0) is 24.3 Å². The maximum Gasteiger partial charge on any atom is 0.193 e. The molecule has 5 nitrogen and oxygen atoms in total. The van der Waals surface area contributed by atoms with Crippen LogP contribution in [0, 0.1) is 5.92 Å². The number of nitrogens with zero attached hydrogens (tertiary/aromatic N) is 4. The molecular formula is C16H29N5S. The molecule has 22 heavy (non-hydrogen) atoms. The summed E-state index contributed by atoms with van der Waals surface area (Å²) in [4.78, 5) is 6.87. The van der Waals surface area contributed by atoms with Gasteiger partial charge in [-0.1, -0.05) is 13.8 Å². The maximum absolute atomic E-state index is 4.46. The van der Waals surface area contributed by atoms with Gasteiger partial charge in [0.05, 0.1) is 6.20 Å². The molecule has 1 aromatic heterocycles. The second kappa shape index (κ2) is 8.46. The van der Waals surface area contributed by atoms with Crippen molar-refractivity contribution in [2.45, 2.75) is 31.9 Å². The van der Waals surface area contributed by atoms with Gasteiger partial charge in [-0.15, -0.1) is 0 Å². The minimum atomic E-state index is 0.711. The van der Waals surface area contributed by atoms with Crippen molar-refractivity contribution in [2.75, 3.05) is 32.4 Å². The van der Waals surface area contributed by atoms with Crippen LogP contribution in [0.2, 0.25) is 0 Å². The van der Waals surface area contributed by atoms with Crippen molar-refractivity contribution in [3.8, 4) is 0 Å². The maximum atomic E-state index is 4.46. The number of aliphatic imine (C=N–C) groups is 1. The predicted molar refractivity (Wildman–Crippen MR) is 95.5 cm³/mol. The number of rotatable bonds is 5. The van der Waals surface area contributed by atoms with Gasteiger partial charge in [0.1, 0.15) is 0 Å². The minimum Gasteiger partial charge on any atom is -0.356 e. The average molecular weight is 324 g/mol. The first-order valence-corrected chi connectivity index (χ1v) is 9.19. The van der Waals surface area contributed by atoms with Gasteiger partial charge < -0.3 is 10.2 Å². The van der Waals surface area contributed by atoms with Crippen molar-refractivity contribution < 1.29 is 0 Å². The largest absolute Gasteiger partial charge is 0.356 e. The quantitative estimate of drug-likeness (QED) is 0.511. The van der Waals surface area contributed by atoms with Gasteiger partial charge in [0, 0.05) is 50.9 Å². The summed E-state index contributed by atoms with van der Waals surface area (Å²) in [5.41, 5.74) is 1.30. The van der Waals surface area contributed by atoms with Crippen LogP contribution in [0.25, 0.3) is 0 Å². The van der Waals surface area contributed by atoms with Crippen molar-refractivity contribution in [1.82, 2.24) is 20.0 Å². The van der Waals surface area contributed by atoms with Crippen LogP contribution in [0.5, 0.6) is 0 Å². The lowest BCUT2D eigenvalue weighted by Gasteiger charge is -2.36.